The number of ether oxygens (including phenoxy) is 1. The first-order valence-electron chi connectivity index (χ1n) is 6.46. The van der Waals surface area contributed by atoms with E-state index in [1.165, 1.54) is 6.08 Å². The van der Waals surface area contributed by atoms with Gasteiger partial charge in [-0.15, -0.1) is 0 Å². The van der Waals surface area contributed by atoms with Gasteiger partial charge in [0, 0.05) is 17.9 Å². The van der Waals surface area contributed by atoms with Crippen molar-refractivity contribution in [2.24, 2.45) is 5.41 Å². The molecule has 4 heteroatoms. The minimum Gasteiger partial charge on any atom is -0.547 e. The summed E-state index contributed by atoms with van der Waals surface area (Å²) in [6, 6.07) is 0. The summed E-state index contributed by atoms with van der Waals surface area (Å²) in [7, 11) is -1.63. The van der Waals surface area contributed by atoms with Gasteiger partial charge in [-0.05, 0) is 31.3 Å². The molecule has 19 heavy (non-hydrogen) atoms. The van der Waals surface area contributed by atoms with Crippen molar-refractivity contribution >= 4 is 14.3 Å². The van der Waals surface area contributed by atoms with Crippen molar-refractivity contribution in [2.75, 3.05) is 0 Å². The lowest BCUT2D eigenvalue weighted by atomic mass is 9.75. The summed E-state index contributed by atoms with van der Waals surface area (Å²) in [5.41, 5.74) is 0.555. The third-order valence-corrected chi connectivity index (χ3v) is 3.74. The molecule has 0 N–H and O–H groups in total. The highest BCUT2D eigenvalue weighted by atomic mass is 28.4. The lowest BCUT2D eigenvalue weighted by Gasteiger charge is -2.39. The summed E-state index contributed by atoms with van der Waals surface area (Å²) in [5.74, 6) is 0.530. The molecule has 1 atom stereocenters. The Bertz CT molecular complexity index is 427. The average Bonchev–Trinajstić information content (AvgIpc) is 2.19. The molecule has 3 nitrogen and oxygen atoms in total. The minimum absolute atomic E-state index is 0.223. The summed E-state index contributed by atoms with van der Waals surface area (Å²) in [5, 5.41) is 0. The molecule has 1 aliphatic rings. The Morgan fingerprint density at radius 1 is 1.47 bits per heavy atom. The first-order chi connectivity index (χ1) is 8.55. The van der Waals surface area contributed by atoms with Gasteiger partial charge in [0.15, 0.2) is 0 Å². The second-order valence-electron chi connectivity index (χ2n) is 6.59. The largest absolute Gasteiger partial charge is 0.547 e. The first kappa shape index (κ1) is 15.8. The van der Waals surface area contributed by atoms with Crippen molar-refractivity contribution in [3.63, 3.8) is 0 Å². The van der Waals surface area contributed by atoms with Crippen molar-refractivity contribution in [1.29, 1.82) is 0 Å². The normalized spacial score (nSPS) is 22.5. The third kappa shape index (κ3) is 4.38. The van der Waals surface area contributed by atoms with E-state index in [0.29, 0.717) is 0 Å². The predicted molar refractivity (Wildman–Crippen MR) is 80.1 cm³/mol. The minimum atomic E-state index is -1.63. The average molecular weight is 280 g/mol. The van der Waals surface area contributed by atoms with Gasteiger partial charge in [-0.25, -0.2) is 4.79 Å². The number of carbonyl (C=O) groups excluding carboxylic acids is 1. The summed E-state index contributed by atoms with van der Waals surface area (Å²) in [6.07, 6.45) is 3.50. The molecule has 106 valence electrons. The van der Waals surface area contributed by atoms with Crippen LogP contribution < -0.4 is 0 Å². The van der Waals surface area contributed by atoms with Crippen LogP contribution in [0.3, 0.4) is 0 Å². The molecule has 0 saturated heterocycles. The molecular weight excluding hydrogens is 256 g/mol. The van der Waals surface area contributed by atoms with Gasteiger partial charge in [0.25, 0.3) is 0 Å². The van der Waals surface area contributed by atoms with E-state index in [2.05, 4.69) is 46.6 Å². The van der Waals surface area contributed by atoms with Crippen LogP contribution in [0, 0.1) is 5.41 Å². The zero-order chi connectivity index (χ0) is 14.8. The van der Waals surface area contributed by atoms with Gasteiger partial charge in [0.1, 0.15) is 6.10 Å². The van der Waals surface area contributed by atoms with Crippen LogP contribution in [0.25, 0.3) is 0 Å². The summed E-state index contributed by atoms with van der Waals surface area (Å²) >= 11 is 0. The van der Waals surface area contributed by atoms with E-state index in [4.69, 9.17) is 9.16 Å². The Labute approximate surface area is 117 Å². The molecule has 0 amide bonds. The fourth-order valence-electron chi connectivity index (χ4n) is 2.24. The van der Waals surface area contributed by atoms with Crippen molar-refractivity contribution in [3.8, 4) is 0 Å². The molecule has 0 heterocycles. The van der Waals surface area contributed by atoms with Crippen molar-refractivity contribution < 1.29 is 14.0 Å². The van der Waals surface area contributed by atoms with Gasteiger partial charge >= 0.3 is 5.97 Å². The van der Waals surface area contributed by atoms with E-state index < -0.39 is 14.3 Å². The zero-order valence-corrected chi connectivity index (χ0v) is 13.6. The molecule has 1 unspecified atom stereocenters. The SMILES string of the molecule is C=CC(=O)OC1C(=C)C=C(O[Si](C)(C)C)CC1(C)C. The van der Waals surface area contributed by atoms with Crippen LogP contribution in [0.1, 0.15) is 20.3 Å². The summed E-state index contributed by atoms with van der Waals surface area (Å²) < 4.78 is 11.4. The highest BCUT2D eigenvalue weighted by Crippen LogP contribution is 2.40. The molecule has 0 fully saturated rings. The molecule has 0 aromatic heterocycles. The smallest absolute Gasteiger partial charge is 0.330 e. The Morgan fingerprint density at radius 2 is 2.05 bits per heavy atom. The van der Waals surface area contributed by atoms with Crippen molar-refractivity contribution in [3.05, 3.63) is 36.6 Å². The lowest BCUT2D eigenvalue weighted by Crippen LogP contribution is -2.39. The number of allylic oxidation sites excluding steroid dienone is 1. The quantitative estimate of drug-likeness (QED) is 0.446. The van der Waals surface area contributed by atoms with E-state index in [1.807, 2.05) is 6.08 Å². The van der Waals surface area contributed by atoms with Gasteiger partial charge in [0.2, 0.25) is 8.32 Å². The van der Waals surface area contributed by atoms with Crippen molar-refractivity contribution in [2.45, 2.75) is 46.0 Å². The molecule has 1 rings (SSSR count). The number of hydrogen-bond acceptors (Lipinski definition) is 3. The van der Waals surface area contributed by atoms with Gasteiger partial charge in [0.05, 0.1) is 5.76 Å². The highest BCUT2D eigenvalue weighted by Gasteiger charge is 2.39. The van der Waals surface area contributed by atoms with Crippen LogP contribution in [0.5, 0.6) is 0 Å². The predicted octanol–water partition coefficient (Wildman–Crippen LogP) is 3.81. The number of rotatable bonds is 4. The maximum atomic E-state index is 11.4. The molecule has 0 aromatic carbocycles. The lowest BCUT2D eigenvalue weighted by molar-refractivity contribution is -0.146. The van der Waals surface area contributed by atoms with E-state index in [1.54, 1.807) is 0 Å². The number of esters is 1. The van der Waals surface area contributed by atoms with E-state index in [0.717, 1.165) is 17.8 Å². The molecule has 0 spiro atoms. The van der Waals surface area contributed by atoms with Crippen LogP contribution in [0.15, 0.2) is 36.6 Å². The number of hydrogen-bond donors (Lipinski definition) is 0. The van der Waals surface area contributed by atoms with Crippen LogP contribution in [-0.4, -0.2) is 20.4 Å². The fourth-order valence-corrected chi connectivity index (χ4v) is 3.15. The Morgan fingerprint density at radius 3 is 2.47 bits per heavy atom. The van der Waals surface area contributed by atoms with E-state index in [-0.39, 0.29) is 11.5 Å². The molecule has 0 aromatic rings. The Kier molecular flexibility index (Phi) is 4.45. The Hall–Kier alpha value is -1.29. The fraction of sp³-hybridized carbons (Fsp3) is 0.533. The van der Waals surface area contributed by atoms with Gasteiger partial charge in [-0.2, -0.15) is 0 Å². The second-order valence-corrected chi connectivity index (χ2v) is 11.0. The van der Waals surface area contributed by atoms with Gasteiger partial charge in [-0.3, -0.25) is 0 Å². The molecule has 0 bridgehead atoms. The van der Waals surface area contributed by atoms with Crippen LogP contribution in [0.2, 0.25) is 19.6 Å². The summed E-state index contributed by atoms with van der Waals surface area (Å²) in [6.45, 7) is 18.0. The first-order valence-corrected chi connectivity index (χ1v) is 9.87. The van der Waals surface area contributed by atoms with E-state index >= 15 is 0 Å². The van der Waals surface area contributed by atoms with E-state index in [9.17, 15) is 4.79 Å². The molecule has 0 saturated carbocycles. The maximum Gasteiger partial charge on any atom is 0.330 e. The van der Waals surface area contributed by atoms with Crippen LogP contribution in [-0.2, 0) is 14.0 Å². The van der Waals surface area contributed by atoms with Gasteiger partial charge < -0.3 is 9.16 Å². The maximum absolute atomic E-state index is 11.4. The van der Waals surface area contributed by atoms with Gasteiger partial charge in [-0.1, -0.05) is 27.0 Å². The van der Waals surface area contributed by atoms with Crippen LogP contribution in [0.4, 0.5) is 0 Å². The Balaban J connectivity index is 2.93. The van der Waals surface area contributed by atoms with Crippen LogP contribution >= 0.6 is 0 Å². The van der Waals surface area contributed by atoms with Crippen molar-refractivity contribution in [1.82, 2.24) is 0 Å². The zero-order valence-electron chi connectivity index (χ0n) is 12.6. The standard InChI is InChI=1S/C15H24O3Si/c1-8-13(16)17-14-11(2)9-12(10-15(14,3)4)18-19(5,6)7/h8-9,14H,1-2,10H2,3-7H3. The summed E-state index contributed by atoms with van der Waals surface area (Å²) in [4.78, 5) is 11.4. The molecule has 1 aliphatic carbocycles. The topological polar surface area (TPSA) is 35.5 Å². The highest BCUT2D eigenvalue weighted by molar-refractivity contribution is 6.70. The molecule has 0 radical (unpaired) electrons. The third-order valence-electron chi connectivity index (χ3n) is 2.86. The number of carbonyl (C=O) groups is 1. The molecular formula is C15H24O3Si. The second kappa shape index (κ2) is 5.37. The monoisotopic (exact) mass is 280 g/mol. The molecule has 0 aliphatic heterocycles.